The van der Waals surface area contributed by atoms with Gasteiger partial charge < -0.3 is 0 Å². The number of carbonyl (C=O) groups excluding carboxylic acids is 1. The van der Waals surface area contributed by atoms with E-state index in [-0.39, 0.29) is 21.4 Å². The van der Waals surface area contributed by atoms with Crippen molar-refractivity contribution in [3.8, 4) is 0 Å². The first-order valence-electron chi connectivity index (χ1n) is 5.56. The van der Waals surface area contributed by atoms with Gasteiger partial charge >= 0.3 is 10.1 Å². The molecule has 104 valence electrons. The molecule has 0 heterocycles. The maximum absolute atomic E-state index is 11.9. The van der Waals surface area contributed by atoms with Crippen molar-refractivity contribution in [1.82, 2.24) is 0 Å². The van der Waals surface area contributed by atoms with Crippen molar-refractivity contribution in [3.05, 3.63) is 53.1 Å². The van der Waals surface area contributed by atoms with Crippen LogP contribution in [0.25, 0.3) is 0 Å². The average Bonchev–Trinajstić information content (AvgIpc) is 2.41. The number of aryl methyl sites for hydroxylation is 1. The van der Waals surface area contributed by atoms with Crippen LogP contribution >= 0.6 is 11.6 Å². The molecule has 0 aromatic heterocycles. The lowest BCUT2D eigenvalue weighted by Crippen LogP contribution is -2.07. The molecule has 7 heteroatoms. The second-order valence-electron chi connectivity index (χ2n) is 4.05. The molecule has 2 rings (SSSR count). The second kappa shape index (κ2) is 5.60. The summed E-state index contributed by atoms with van der Waals surface area (Å²) in [6.07, 6.45) is 3.73. The Hall–Kier alpha value is -1.92. The van der Waals surface area contributed by atoms with Crippen LogP contribution in [-0.4, -0.2) is 19.9 Å². The van der Waals surface area contributed by atoms with E-state index in [9.17, 15) is 13.2 Å². The van der Waals surface area contributed by atoms with Crippen LogP contribution in [0.2, 0.25) is 0 Å². The first-order chi connectivity index (χ1) is 9.38. The Morgan fingerprint density at radius 3 is 2.40 bits per heavy atom. The molecule has 1 aromatic carbocycles. The maximum atomic E-state index is 11.9. The molecule has 0 spiro atoms. The highest BCUT2D eigenvalue weighted by Gasteiger charge is 2.16. The fourth-order valence-electron chi connectivity index (χ4n) is 1.39. The summed E-state index contributed by atoms with van der Waals surface area (Å²) < 4.78 is 28.3. The van der Waals surface area contributed by atoms with Gasteiger partial charge in [0, 0.05) is 0 Å². The lowest BCUT2D eigenvalue weighted by molar-refractivity contribution is -0.110. The molecule has 0 aliphatic heterocycles. The molecule has 0 N–H and O–H groups in total. The molecule has 0 amide bonds. The summed E-state index contributed by atoms with van der Waals surface area (Å²) in [7, 11) is -3.99. The summed E-state index contributed by atoms with van der Waals surface area (Å²) in [4.78, 5) is 11.1. The van der Waals surface area contributed by atoms with E-state index in [0.29, 0.717) is 0 Å². The third-order valence-electron chi connectivity index (χ3n) is 2.47. The largest absolute Gasteiger partial charge is 0.358 e. The molecule has 1 aliphatic carbocycles. The Bertz CT molecular complexity index is 730. The van der Waals surface area contributed by atoms with E-state index in [1.54, 1.807) is 12.1 Å². The van der Waals surface area contributed by atoms with E-state index < -0.39 is 10.1 Å². The van der Waals surface area contributed by atoms with E-state index in [0.717, 1.165) is 5.56 Å². The van der Waals surface area contributed by atoms with Gasteiger partial charge in [0.25, 0.3) is 0 Å². The molecule has 0 radical (unpaired) electrons. The highest BCUT2D eigenvalue weighted by Crippen LogP contribution is 2.15. The van der Waals surface area contributed by atoms with Crippen LogP contribution in [0.15, 0.2) is 57.6 Å². The molecule has 0 saturated carbocycles. The monoisotopic (exact) mass is 311 g/mol. The zero-order valence-electron chi connectivity index (χ0n) is 10.4. The third kappa shape index (κ3) is 3.34. The van der Waals surface area contributed by atoms with Gasteiger partial charge in [-0.3, -0.25) is 9.08 Å². The van der Waals surface area contributed by atoms with Crippen LogP contribution in [0.4, 0.5) is 0 Å². The van der Waals surface area contributed by atoms with Crippen molar-refractivity contribution in [2.75, 3.05) is 0 Å². The summed E-state index contributed by atoms with van der Waals surface area (Å²) in [6, 6.07) is 6.15. The number of ketones is 1. The molecule has 0 unspecified atom stereocenters. The number of allylic oxidation sites excluding steroid dienone is 4. The van der Waals surface area contributed by atoms with Crippen LogP contribution in [0.3, 0.4) is 0 Å². The Balaban J connectivity index is 2.20. The minimum Gasteiger partial charge on any atom is -0.288 e. The fourth-order valence-corrected chi connectivity index (χ4v) is 2.30. The number of halogens is 1. The number of nitrogens with zero attached hydrogens (tertiary/aromatic N) is 1. The lowest BCUT2D eigenvalue weighted by atomic mass is 10.2. The van der Waals surface area contributed by atoms with Gasteiger partial charge in [0.1, 0.15) is 10.6 Å². The van der Waals surface area contributed by atoms with Crippen molar-refractivity contribution < 1.29 is 17.5 Å². The number of hydrogen-bond acceptors (Lipinski definition) is 5. The molecular weight excluding hydrogens is 302 g/mol. The summed E-state index contributed by atoms with van der Waals surface area (Å²) in [6.45, 7) is 1.84. The third-order valence-corrected chi connectivity index (χ3v) is 3.88. The van der Waals surface area contributed by atoms with Gasteiger partial charge in [-0.2, -0.15) is 8.42 Å². The zero-order valence-corrected chi connectivity index (χ0v) is 12.0. The minimum atomic E-state index is -3.99. The van der Waals surface area contributed by atoms with E-state index in [1.165, 1.54) is 30.4 Å². The number of benzene rings is 1. The molecule has 5 nitrogen and oxygen atoms in total. The van der Waals surface area contributed by atoms with Gasteiger partial charge in [-0.25, -0.2) is 0 Å². The predicted molar refractivity (Wildman–Crippen MR) is 75.0 cm³/mol. The number of rotatable bonds is 3. The molecule has 20 heavy (non-hydrogen) atoms. The van der Waals surface area contributed by atoms with Crippen LogP contribution in [0, 0.1) is 6.92 Å². The molecule has 0 saturated heterocycles. The Morgan fingerprint density at radius 2 is 1.80 bits per heavy atom. The second-order valence-corrected chi connectivity index (χ2v) is 5.98. The zero-order chi connectivity index (χ0) is 14.8. The number of carbonyl (C=O) groups is 1. The molecule has 1 aromatic rings. The topological polar surface area (TPSA) is 72.8 Å². The molecular formula is C13H10ClNO4S. The first kappa shape index (κ1) is 14.5. The quantitative estimate of drug-likeness (QED) is 0.634. The fraction of sp³-hybridized carbons (Fsp3) is 0.0769. The van der Waals surface area contributed by atoms with E-state index in [2.05, 4.69) is 9.44 Å². The Labute approximate surface area is 121 Å². The Morgan fingerprint density at radius 1 is 1.15 bits per heavy atom. The van der Waals surface area contributed by atoms with E-state index >= 15 is 0 Å². The summed E-state index contributed by atoms with van der Waals surface area (Å²) in [5, 5.41) is 3.41. The number of hydrogen-bond donors (Lipinski definition) is 0. The normalized spacial score (nSPS) is 17.2. The van der Waals surface area contributed by atoms with Gasteiger partial charge in [-0.1, -0.05) is 34.5 Å². The summed E-state index contributed by atoms with van der Waals surface area (Å²) >= 11 is 5.62. The van der Waals surface area contributed by atoms with Gasteiger partial charge in [0.05, 0.1) is 5.03 Å². The Kier molecular flexibility index (Phi) is 4.06. The molecule has 0 bridgehead atoms. The van der Waals surface area contributed by atoms with Crippen LogP contribution in [0.5, 0.6) is 0 Å². The van der Waals surface area contributed by atoms with Crippen LogP contribution in [0.1, 0.15) is 5.56 Å². The lowest BCUT2D eigenvalue weighted by Gasteiger charge is -2.04. The van der Waals surface area contributed by atoms with Crippen molar-refractivity contribution in [3.63, 3.8) is 0 Å². The van der Waals surface area contributed by atoms with Gasteiger partial charge in [-0.05, 0) is 37.3 Å². The van der Waals surface area contributed by atoms with Crippen LogP contribution < -0.4 is 0 Å². The van der Waals surface area contributed by atoms with Gasteiger partial charge in [0.15, 0.2) is 5.78 Å². The standard InChI is InChI=1S/C13H10ClNO4S/c1-9-2-5-11(6-3-9)20(17,18)19-15-10-4-7-13(16)12(14)8-10/h2-8H,1H3. The van der Waals surface area contributed by atoms with Crippen molar-refractivity contribution >= 4 is 33.2 Å². The highest BCUT2D eigenvalue weighted by atomic mass is 35.5. The number of oxime groups is 1. The summed E-state index contributed by atoms with van der Waals surface area (Å²) in [5.74, 6) is -0.369. The van der Waals surface area contributed by atoms with Crippen molar-refractivity contribution in [1.29, 1.82) is 0 Å². The average molecular weight is 312 g/mol. The molecule has 0 atom stereocenters. The van der Waals surface area contributed by atoms with Crippen LogP contribution in [-0.2, 0) is 19.2 Å². The highest BCUT2D eigenvalue weighted by molar-refractivity contribution is 7.86. The SMILES string of the molecule is Cc1ccc(S(=O)(=O)ON=C2C=CC(=O)C(Cl)=C2)cc1. The predicted octanol–water partition coefficient (Wildman–Crippen LogP) is 2.32. The van der Waals surface area contributed by atoms with Crippen molar-refractivity contribution in [2.24, 2.45) is 5.16 Å². The van der Waals surface area contributed by atoms with Gasteiger partial charge in [-0.15, -0.1) is 0 Å². The summed E-state index contributed by atoms with van der Waals surface area (Å²) in [5.41, 5.74) is 1.07. The van der Waals surface area contributed by atoms with Crippen molar-refractivity contribution in [2.45, 2.75) is 11.8 Å². The maximum Gasteiger partial charge on any atom is 0.358 e. The van der Waals surface area contributed by atoms with E-state index in [4.69, 9.17) is 11.6 Å². The molecule has 0 fully saturated rings. The molecule has 1 aliphatic rings. The van der Waals surface area contributed by atoms with E-state index in [1.807, 2.05) is 6.92 Å². The van der Waals surface area contributed by atoms with Gasteiger partial charge in [0.2, 0.25) is 0 Å². The smallest absolute Gasteiger partial charge is 0.288 e. The minimum absolute atomic E-state index is 0.00149. The first-order valence-corrected chi connectivity index (χ1v) is 7.35.